The molecule has 20 heavy (non-hydrogen) atoms. The topological polar surface area (TPSA) is 69.7 Å². The number of hydrogen-bond acceptors (Lipinski definition) is 5. The van der Waals surface area contributed by atoms with Gasteiger partial charge in [-0.05, 0) is 22.9 Å². The van der Waals surface area contributed by atoms with Gasteiger partial charge < -0.3 is 9.47 Å². The average Bonchev–Trinajstić information content (AvgIpc) is 2.63. The summed E-state index contributed by atoms with van der Waals surface area (Å²) < 4.78 is 9.17. The molecule has 0 saturated carbocycles. The molecule has 0 aliphatic carbocycles. The summed E-state index contributed by atoms with van der Waals surface area (Å²) in [5.74, 6) is -1.58. The van der Waals surface area contributed by atoms with E-state index >= 15 is 0 Å². The SMILES string of the molecule is COC(=O)c1cc2ccccc2cc(C(=O)OC)c1=O. The van der Waals surface area contributed by atoms with E-state index in [4.69, 9.17) is 0 Å². The molecule has 0 aromatic heterocycles. The molecule has 0 N–H and O–H groups in total. The quantitative estimate of drug-likeness (QED) is 0.779. The molecule has 102 valence electrons. The lowest BCUT2D eigenvalue weighted by Crippen LogP contribution is -2.21. The molecule has 0 radical (unpaired) electrons. The van der Waals surface area contributed by atoms with Gasteiger partial charge in [0, 0.05) is 0 Å². The second-order valence-electron chi connectivity index (χ2n) is 4.06. The zero-order valence-corrected chi connectivity index (χ0v) is 11.0. The molecule has 0 fully saturated rings. The monoisotopic (exact) mass is 272 g/mol. The fraction of sp³-hybridized carbons (Fsp3) is 0.133. The van der Waals surface area contributed by atoms with Crippen LogP contribution in [0.5, 0.6) is 0 Å². The van der Waals surface area contributed by atoms with E-state index in [1.165, 1.54) is 26.4 Å². The zero-order chi connectivity index (χ0) is 14.7. The molecule has 5 heteroatoms. The van der Waals surface area contributed by atoms with Gasteiger partial charge >= 0.3 is 11.9 Å². The first kappa shape index (κ1) is 13.7. The first-order valence-corrected chi connectivity index (χ1v) is 5.82. The van der Waals surface area contributed by atoms with Crippen molar-refractivity contribution in [2.75, 3.05) is 14.2 Å². The molecule has 2 aromatic rings. The molecule has 5 nitrogen and oxygen atoms in total. The van der Waals surface area contributed by atoms with Crippen molar-refractivity contribution in [1.82, 2.24) is 0 Å². The number of esters is 2. The minimum atomic E-state index is -0.790. The molecule has 2 aromatic carbocycles. The summed E-state index contributed by atoms with van der Waals surface area (Å²) in [6.07, 6.45) is 0. The normalized spacial score (nSPS) is 10.1. The van der Waals surface area contributed by atoms with E-state index in [2.05, 4.69) is 9.47 Å². The summed E-state index contributed by atoms with van der Waals surface area (Å²) in [4.78, 5) is 35.7. The van der Waals surface area contributed by atoms with Gasteiger partial charge in [-0.3, -0.25) is 4.79 Å². The summed E-state index contributed by atoms with van der Waals surface area (Å²) in [5.41, 5.74) is -1.11. The lowest BCUT2D eigenvalue weighted by molar-refractivity contribution is 0.0597. The van der Waals surface area contributed by atoms with Crippen LogP contribution in [0.2, 0.25) is 0 Å². The van der Waals surface area contributed by atoms with Crippen molar-refractivity contribution in [2.24, 2.45) is 0 Å². The number of benzene rings is 1. The van der Waals surface area contributed by atoms with Crippen molar-refractivity contribution in [3.63, 3.8) is 0 Å². The van der Waals surface area contributed by atoms with Crippen LogP contribution in [0, 0.1) is 0 Å². The summed E-state index contributed by atoms with van der Waals surface area (Å²) in [6, 6.07) is 9.84. The third-order valence-corrected chi connectivity index (χ3v) is 2.90. The van der Waals surface area contributed by atoms with Crippen LogP contribution in [0.15, 0.2) is 41.2 Å². The van der Waals surface area contributed by atoms with Gasteiger partial charge in [0.25, 0.3) is 0 Å². The van der Waals surface area contributed by atoms with Crippen molar-refractivity contribution in [3.05, 3.63) is 57.7 Å². The number of methoxy groups -OCH3 is 2. The highest BCUT2D eigenvalue weighted by atomic mass is 16.5. The third-order valence-electron chi connectivity index (χ3n) is 2.90. The Morgan fingerprint density at radius 1 is 0.850 bits per heavy atom. The van der Waals surface area contributed by atoms with Gasteiger partial charge in [0.2, 0.25) is 5.43 Å². The number of carbonyl (C=O) groups excluding carboxylic acids is 2. The van der Waals surface area contributed by atoms with Crippen molar-refractivity contribution < 1.29 is 19.1 Å². The average molecular weight is 272 g/mol. The Bertz CT molecular complexity index is 687. The molecule has 0 bridgehead atoms. The Hall–Kier alpha value is -2.69. The second kappa shape index (κ2) is 5.52. The van der Waals surface area contributed by atoms with Crippen LogP contribution in [-0.2, 0) is 9.47 Å². The van der Waals surface area contributed by atoms with Crippen LogP contribution in [-0.4, -0.2) is 26.2 Å². The van der Waals surface area contributed by atoms with Crippen molar-refractivity contribution in [3.8, 4) is 0 Å². The summed E-state index contributed by atoms with van der Waals surface area (Å²) >= 11 is 0. The lowest BCUT2D eigenvalue weighted by Gasteiger charge is -1.97. The Balaban J connectivity index is 2.93. The van der Waals surface area contributed by atoms with Gasteiger partial charge in [-0.25, -0.2) is 9.59 Å². The Kier molecular flexibility index (Phi) is 3.79. The molecule has 0 aliphatic heterocycles. The van der Waals surface area contributed by atoms with Crippen molar-refractivity contribution >= 4 is 22.7 Å². The largest absolute Gasteiger partial charge is 0.465 e. The van der Waals surface area contributed by atoms with Crippen LogP contribution >= 0.6 is 0 Å². The van der Waals surface area contributed by atoms with E-state index in [9.17, 15) is 14.4 Å². The van der Waals surface area contributed by atoms with Crippen LogP contribution < -0.4 is 5.43 Å². The van der Waals surface area contributed by atoms with Gasteiger partial charge in [0.05, 0.1) is 14.2 Å². The third kappa shape index (κ3) is 2.38. The highest BCUT2D eigenvalue weighted by Gasteiger charge is 2.18. The van der Waals surface area contributed by atoms with Crippen LogP contribution in [0.3, 0.4) is 0 Å². The fourth-order valence-electron chi connectivity index (χ4n) is 1.88. The van der Waals surface area contributed by atoms with E-state index in [-0.39, 0.29) is 11.1 Å². The molecule has 0 unspecified atom stereocenters. The van der Waals surface area contributed by atoms with Gasteiger partial charge in [0.15, 0.2) is 0 Å². The smallest absolute Gasteiger partial charge is 0.341 e. The number of carbonyl (C=O) groups is 2. The standard InChI is InChI=1S/C15H12O5/c1-19-14(17)11-7-9-5-3-4-6-10(9)8-12(13(11)16)15(18)20-2/h3-8H,1-2H3. The van der Waals surface area contributed by atoms with E-state index in [0.29, 0.717) is 10.8 Å². The van der Waals surface area contributed by atoms with E-state index in [0.717, 1.165) is 0 Å². The molecule has 0 atom stereocenters. The lowest BCUT2D eigenvalue weighted by atomic mass is 10.1. The van der Waals surface area contributed by atoms with Gasteiger partial charge in [-0.2, -0.15) is 0 Å². The minimum Gasteiger partial charge on any atom is -0.465 e. The number of rotatable bonds is 2. The Morgan fingerprint density at radius 3 is 1.60 bits per heavy atom. The molecule has 0 aliphatic rings. The predicted molar refractivity (Wildman–Crippen MR) is 72.9 cm³/mol. The first-order valence-electron chi connectivity index (χ1n) is 5.82. The first-order chi connectivity index (χ1) is 9.58. The fourth-order valence-corrected chi connectivity index (χ4v) is 1.88. The number of fused-ring (bicyclic) bond motifs is 1. The van der Waals surface area contributed by atoms with Gasteiger partial charge in [-0.15, -0.1) is 0 Å². The molecule has 0 saturated heterocycles. The predicted octanol–water partition coefficient (Wildman–Crippen LogP) is 1.77. The van der Waals surface area contributed by atoms with Gasteiger partial charge in [-0.1, -0.05) is 24.3 Å². The summed E-state index contributed by atoms with van der Waals surface area (Å²) in [5, 5.41) is 1.31. The maximum atomic E-state index is 12.3. The molecule has 0 amide bonds. The summed E-state index contributed by atoms with van der Waals surface area (Å²) in [6.45, 7) is 0. The number of hydrogen-bond donors (Lipinski definition) is 0. The van der Waals surface area contributed by atoms with Crippen LogP contribution in [0.4, 0.5) is 0 Å². The molecule has 2 rings (SSSR count). The molecular formula is C15H12O5. The van der Waals surface area contributed by atoms with Crippen molar-refractivity contribution in [2.45, 2.75) is 0 Å². The van der Waals surface area contributed by atoms with Crippen molar-refractivity contribution in [1.29, 1.82) is 0 Å². The van der Waals surface area contributed by atoms with Crippen LogP contribution in [0.25, 0.3) is 10.8 Å². The van der Waals surface area contributed by atoms with E-state index in [1.54, 1.807) is 24.3 Å². The summed E-state index contributed by atoms with van der Waals surface area (Å²) in [7, 11) is 2.35. The number of ether oxygens (including phenoxy) is 2. The highest BCUT2D eigenvalue weighted by molar-refractivity contribution is 5.99. The maximum absolute atomic E-state index is 12.3. The Morgan fingerprint density at radius 2 is 1.25 bits per heavy atom. The zero-order valence-electron chi connectivity index (χ0n) is 11.0. The Labute approximate surface area is 114 Å². The molecule has 0 spiro atoms. The maximum Gasteiger partial charge on any atom is 0.341 e. The molecule has 0 heterocycles. The van der Waals surface area contributed by atoms with E-state index < -0.39 is 17.4 Å². The minimum absolute atomic E-state index is 0.200. The highest BCUT2D eigenvalue weighted by Crippen LogP contribution is 2.15. The van der Waals surface area contributed by atoms with Crippen LogP contribution in [0.1, 0.15) is 20.7 Å². The van der Waals surface area contributed by atoms with E-state index in [1.807, 2.05) is 0 Å². The van der Waals surface area contributed by atoms with Gasteiger partial charge in [0.1, 0.15) is 11.1 Å². The molecular weight excluding hydrogens is 260 g/mol. The second-order valence-corrected chi connectivity index (χ2v) is 4.06.